The third-order valence-electron chi connectivity index (χ3n) is 3.41. The molecule has 0 amide bonds. The highest BCUT2D eigenvalue weighted by Crippen LogP contribution is 2.17. The SMILES string of the molecule is N#Cc1cccc(-n2[nH]c3c(c2=O)CCCC3)c1. The lowest BCUT2D eigenvalue weighted by molar-refractivity contribution is 0.671. The third kappa shape index (κ3) is 1.65. The number of nitrogens with one attached hydrogen (secondary N) is 1. The van der Waals surface area contributed by atoms with Crippen LogP contribution in [0.3, 0.4) is 0 Å². The van der Waals surface area contributed by atoms with Gasteiger partial charge in [-0.25, -0.2) is 4.68 Å². The predicted octanol–water partition coefficient (Wildman–Crippen LogP) is 1.92. The highest BCUT2D eigenvalue weighted by molar-refractivity contribution is 5.41. The van der Waals surface area contributed by atoms with E-state index >= 15 is 0 Å². The number of hydrogen-bond donors (Lipinski definition) is 1. The Hall–Kier alpha value is -2.28. The molecule has 90 valence electrons. The fraction of sp³-hybridized carbons (Fsp3) is 0.286. The standard InChI is InChI=1S/C14H13N3O/c15-9-10-4-3-5-11(8-10)17-14(18)12-6-1-2-7-13(12)16-17/h3-5,8,16H,1-2,6-7H2. The minimum atomic E-state index is 0.0276. The van der Waals surface area contributed by atoms with Crippen LogP contribution in [0.15, 0.2) is 29.1 Å². The molecule has 18 heavy (non-hydrogen) atoms. The Morgan fingerprint density at radius 3 is 2.89 bits per heavy atom. The number of aromatic amines is 1. The van der Waals surface area contributed by atoms with Crippen molar-refractivity contribution in [3.63, 3.8) is 0 Å². The average molecular weight is 239 g/mol. The molecule has 1 aromatic carbocycles. The van der Waals surface area contributed by atoms with Crippen LogP contribution in [0.2, 0.25) is 0 Å². The van der Waals surface area contributed by atoms with Crippen LogP contribution in [0.25, 0.3) is 5.69 Å². The monoisotopic (exact) mass is 239 g/mol. The van der Waals surface area contributed by atoms with Gasteiger partial charge in [0.05, 0.1) is 17.3 Å². The second-order valence-corrected chi connectivity index (χ2v) is 4.58. The summed E-state index contributed by atoms with van der Waals surface area (Å²) < 4.78 is 1.55. The molecule has 0 atom stereocenters. The van der Waals surface area contributed by atoms with E-state index in [-0.39, 0.29) is 5.56 Å². The smallest absolute Gasteiger partial charge is 0.274 e. The molecule has 0 saturated heterocycles. The predicted molar refractivity (Wildman–Crippen MR) is 67.7 cm³/mol. The van der Waals surface area contributed by atoms with Crippen LogP contribution in [-0.4, -0.2) is 9.78 Å². The summed E-state index contributed by atoms with van der Waals surface area (Å²) in [4.78, 5) is 12.3. The van der Waals surface area contributed by atoms with E-state index in [0.29, 0.717) is 5.56 Å². The highest BCUT2D eigenvalue weighted by atomic mass is 16.1. The maximum absolute atomic E-state index is 12.3. The van der Waals surface area contributed by atoms with E-state index in [1.54, 1.807) is 22.9 Å². The number of H-pyrrole nitrogens is 1. The van der Waals surface area contributed by atoms with Gasteiger partial charge >= 0.3 is 0 Å². The van der Waals surface area contributed by atoms with Crippen molar-refractivity contribution >= 4 is 0 Å². The first-order valence-electron chi connectivity index (χ1n) is 6.13. The summed E-state index contributed by atoms with van der Waals surface area (Å²) in [6, 6.07) is 9.18. The highest BCUT2D eigenvalue weighted by Gasteiger charge is 2.18. The number of nitrogens with zero attached hydrogens (tertiary/aromatic N) is 2. The zero-order chi connectivity index (χ0) is 12.5. The van der Waals surface area contributed by atoms with Gasteiger partial charge < -0.3 is 0 Å². The fourth-order valence-corrected chi connectivity index (χ4v) is 2.48. The second kappa shape index (κ2) is 4.19. The van der Waals surface area contributed by atoms with Gasteiger partial charge in [0.1, 0.15) is 0 Å². The quantitative estimate of drug-likeness (QED) is 0.826. The van der Waals surface area contributed by atoms with Crippen LogP contribution < -0.4 is 5.56 Å². The van der Waals surface area contributed by atoms with Crippen molar-refractivity contribution < 1.29 is 0 Å². The number of aryl methyl sites for hydroxylation is 1. The Kier molecular flexibility index (Phi) is 2.52. The summed E-state index contributed by atoms with van der Waals surface area (Å²) in [6.45, 7) is 0. The molecule has 1 aliphatic carbocycles. The summed E-state index contributed by atoms with van der Waals surface area (Å²) in [5.41, 5.74) is 3.28. The van der Waals surface area contributed by atoms with Crippen LogP contribution in [-0.2, 0) is 12.8 Å². The van der Waals surface area contributed by atoms with Crippen molar-refractivity contribution in [1.29, 1.82) is 5.26 Å². The Morgan fingerprint density at radius 2 is 2.11 bits per heavy atom. The van der Waals surface area contributed by atoms with Gasteiger partial charge in [-0.2, -0.15) is 5.26 Å². The van der Waals surface area contributed by atoms with Crippen LogP contribution in [0.5, 0.6) is 0 Å². The van der Waals surface area contributed by atoms with Gasteiger partial charge in [-0.05, 0) is 43.9 Å². The molecule has 1 heterocycles. The Bertz CT molecular complexity index is 688. The maximum atomic E-state index is 12.3. The van der Waals surface area contributed by atoms with E-state index in [4.69, 9.17) is 5.26 Å². The molecule has 1 aliphatic rings. The molecule has 2 aromatic rings. The Morgan fingerprint density at radius 1 is 1.28 bits per heavy atom. The molecule has 4 heteroatoms. The lowest BCUT2D eigenvalue weighted by Gasteiger charge is -2.07. The van der Waals surface area contributed by atoms with E-state index in [0.717, 1.165) is 42.6 Å². The summed E-state index contributed by atoms with van der Waals surface area (Å²) in [5.74, 6) is 0. The number of benzene rings is 1. The second-order valence-electron chi connectivity index (χ2n) is 4.58. The van der Waals surface area contributed by atoms with Gasteiger partial charge in [0, 0.05) is 11.3 Å². The van der Waals surface area contributed by atoms with Crippen molar-refractivity contribution in [2.75, 3.05) is 0 Å². The van der Waals surface area contributed by atoms with Crippen LogP contribution >= 0.6 is 0 Å². The topological polar surface area (TPSA) is 61.6 Å². The van der Waals surface area contributed by atoms with Gasteiger partial charge in [-0.1, -0.05) is 6.07 Å². The lowest BCUT2D eigenvalue weighted by Crippen LogP contribution is -2.18. The van der Waals surface area contributed by atoms with E-state index in [9.17, 15) is 4.79 Å². The van der Waals surface area contributed by atoms with Crippen LogP contribution in [0, 0.1) is 11.3 Å². The largest absolute Gasteiger partial charge is 0.295 e. The summed E-state index contributed by atoms with van der Waals surface area (Å²) in [6.07, 6.45) is 4.01. The first-order chi connectivity index (χ1) is 8.79. The Labute approximate surface area is 104 Å². The minimum absolute atomic E-state index is 0.0276. The molecule has 3 rings (SSSR count). The molecule has 1 N–H and O–H groups in total. The normalized spacial score (nSPS) is 13.9. The molecule has 0 fully saturated rings. The third-order valence-corrected chi connectivity index (χ3v) is 3.41. The zero-order valence-corrected chi connectivity index (χ0v) is 9.94. The molecule has 1 aromatic heterocycles. The van der Waals surface area contributed by atoms with Crippen LogP contribution in [0.4, 0.5) is 0 Å². The first-order valence-corrected chi connectivity index (χ1v) is 6.13. The minimum Gasteiger partial charge on any atom is -0.295 e. The molecule has 0 bridgehead atoms. The molecule has 4 nitrogen and oxygen atoms in total. The zero-order valence-electron chi connectivity index (χ0n) is 9.94. The maximum Gasteiger partial charge on any atom is 0.274 e. The van der Waals surface area contributed by atoms with Gasteiger partial charge in [-0.3, -0.25) is 9.89 Å². The summed E-state index contributed by atoms with van der Waals surface area (Å²) >= 11 is 0. The molecular formula is C14H13N3O. The summed E-state index contributed by atoms with van der Waals surface area (Å²) in [7, 11) is 0. The Balaban J connectivity index is 2.15. The number of rotatable bonds is 1. The first kappa shape index (κ1) is 10.8. The van der Waals surface area contributed by atoms with Crippen molar-refractivity contribution in [1.82, 2.24) is 9.78 Å². The number of aromatic nitrogens is 2. The van der Waals surface area contributed by atoms with Gasteiger partial charge in [0.2, 0.25) is 0 Å². The molecule has 0 unspecified atom stereocenters. The number of nitriles is 1. The van der Waals surface area contributed by atoms with Gasteiger partial charge in [-0.15, -0.1) is 0 Å². The number of hydrogen-bond acceptors (Lipinski definition) is 2. The van der Waals surface area contributed by atoms with Gasteiger partial charge in [0.25, 0.3) is 5.56 Å². The van der Waals surface area contributed by atoms with Crippen LogP contribution in [0.1, 0.15) is 29.7 Å². The summed E-state index contributed by atoms with van der Waals surface area (Å²) in [5, 5.41) is 12.1. The van der Waals surface area contributed by atoms with E-state index < -0.39 is 0 Å². The lowest BCUT2D eigenvalue weighted by atomic mass is 9.98. The molecule has 0 radical (unpaired) electrons. The van der Waals surface area contributed by atoms with Gasteiger partial charge in [0.15, 0.2) is 0 Å². The van der Waals surface area contributed by atoms with E-state index in [1.807, 2.05) is 6.07 Å². The van der Waals surface area contributed by atoms with Crippen molar-refractivity contribution in [2.45, 2.75) is 25.7 Å². The molecule has 0 saturated carbocycles. The van der Waals surface area contributed by atoms with E-state index in [2.05, 4.69) is 11.2 Å². The van der Waals surface area contributed by atoms with Crippen molar-refractivity contribution in [3.05, 3.63) is 51.4 Å². The average Bonchev–Trinajstić information content (AvgIpc) is 2.77. The number of fused-ring (bicyclic) bond motifs is 1. The van der Waals surface area contributed by atoms with E-state index in [1.165, 1.54) is 0 Å². The molecular weight excluding hydrogens is 226 g/mol. The fourth-order valence-electron chi connectivity index (χ4n) is 2.48. The molecule has 0 spiro atoms. The van der Waals surface area contributed by atoms with Crippen molar-refractivity contribution in [2.24, 2.45) is 0 Å². The van der Waals surface area contributed by atoms with Crippen molar-refractivity contribution in [3.8, 4) is 11.8 Å². The molecule has 0 aliphatic heterocycles.